The van der Waals surface area contributed by atoms with E-state index in [1.165, 1.54) is 0 Å². The number of hydrogen-bond acceptors (Lipinski definition) is 4. The summed E-state index contributed by atoms with van der Waals surface area (Å²) >= 11 is 1.80. The Labute approximate surface area is 126 Å². The zero-order valence-corrected chi connectivity index (χ0v) is 13.8. The molecule has 0 heterocycles. The average molecular weight is 295 g/mol. The first-order valence-electron chi connectivity index (χ1n) is 6.71. The van der Waals surface area contributed by atoms with Gasteiger partial charge in [0.05, 0.1) is 11.4 Å². The third kappa shape index (κ3) is 4.07. The highest BCUT2D eigenvalue weighted by molar-refractivity contribution is 7.98. The summed E-state index contributed by atoms with van der Waals surface area (Å²) in [6, 6.07) is 5.72. The van der Waals surface area contributed by atoms with Gasteiger partial charge in [0.2, 0.25) is 0 Å². The van der Waals surface area contributed by atoms with Gasteiger partial charge in [0.15, 0.2) is 0 Å². The smallest absolute Gasteiger partial charge is 0.253 e. The van der Waals surface area contributed by atoms with Crippen molar-refractivity contribution in [1.29, 1.82) is 0 Å². The molecule has 0 radical (unpaired) electrons. The Balaban J connectivity index is 2.84. The standard InChI is InChI=1S/C15H25N3OS/c1-11(8-9-20-5)18(4)15(19)12-6-7-14(17(2)3)13(16)10-12/h6-7,10-11H,8-9,16H2,1-5H3. The zero-order valence-electron chi connectivity index (χ0n) is 13.0. The minimum atomic E-state index is 0.0237. The van der Waals surface area contributed by atoms with Gasteiger partial charge < -0.3 is 15.5 Å². The topological polar surface area (TPSA) is 49.6 Å². The Kier molecular flexibility index (Phi) is 6.20. The van der Waals surface area contributed by atoms with E-state index in [4.69, 9.17) is 5.73 Å². The van der Waals surface area contributed by atoms with E-state index in [-0.39, 0.29) is 11.9 Å². The average Bonchev–Trinajstić information content (AvgIpc) is 2.42. The molecule has 2 N–H and O–H groups in total. The van der Waals surface area contributed by atoms with Crippen LogP contribution in [-0.4, -0.2) is 50.0 Å². The molecule has 0 saturated carbocycles. The molecule has 0 aromatic heterocycles. The summed E-state index contributed by atoms with van der Waals surface area (Å²) in [5, 5.41) is 0. The van der Waals surface area contributed by atoms with E-state index < -0.39 is 0 Å². The van der Waals surface area contributed by atoms with E-state index in [0.717, 1.165) is 17.9 Å². The molecule has 1 unspecified atom stereocenters. The summed E-state index contributed by atoms with van der Waals surface area (Å²) in [5.41, 5.74) is 8.21. The molecule has 0 bridgehead atoms. The van der Waals surface area contributed by atoms with E-state index >= 15 is 0 Å². The lowest BCUT2D eigenvalue weighted by Crippen LogP contribution is -2.35. The van der Waals surface area contributed by atoms with Crippen molar-refractivity contribution in [3.63, 3.8) is 0 Å². The predicted molar refractivity (Wildman–Crippen MR) is 89.7 cm³/mol. The van der Waals surface area contributed by atoms with Crippen molar-refractivity contribution >= 4 is 29.0 Å². The number of nitrogens with zero attached hydrogens (tertiary/aromatic N) is 2. The van der Waals surface area contributed by atoms with Gasteiger partial charge in [-0.15, -0.1) is 0 Å². The SMILES string of the molecule is CSCCC(C)N(C)C(=O)c1ccc(N(C)C)c(N)c1. The van der Waals surface area contributed by atoms with E-state index in [1.54, 1.807) is 22.7 Å². The van der Waals surface area contributed by atoms with Crippen LogP contribution >= 0.6 is 11.8 Å². The van der Waals surface area contributed by atoms with Crippen LogP contribution in [0.4, 0.5) is 11.4 Å². The van der Waals surface area contributed by atoms with Crippen molar-refractivity contribution in [2.45, 2.75) is 19.4 Å². The Hall–Kier alpha value is -1.36. The number of nitrogen functional groups attached to an aromatic ring is 1. The van der Waals surface area contributed by atoms with Gasteiger partial charge in [0.25, 0.3) is 5.91 Å². The van der Waals surface area contributed by atoms with E-state index in [2.05, 4.69) is 13.2 Å². The number of anilines is 2. The van der Waals surface area contributed by atoms with Crippen LogP contribution in [0.25, 0.3) is 0 Å². The van der Waals surface area contributed by atoms with Gasteiger partial charge in [-0.2, -0.15) is 11.8 Å². The molecule has 20 heavy (non-hydrogen) atoms. The minimum absolute atomic E-state index is 0.0237. The number of carbonyl (C=O) groups is 1. The Morgan fingerprint density at radius 1 is 1.35 bits per heavy atom. The normalized spacial score (nSPS) is 12.1. The van der Waals surface area contributed by atoms with Crippen LogP contribution in [-0.2, 0) is 0 Å². The van der Waals surface area contributed by atoms with Crippen LogP contribution in [0.3, 0.4) is 0 Å². The number of rotatable bonds is 6. The Morgan fingerprint density at radius 2 is 2.00 bits per heavy atom. The van der Waals surface area contributed by atoms with Gasteiger partial charge in [-0.05, 0) is 43.6 Å². The quantitative estimate of drug-likeness (QED) is 0.819. The largest absolute Gasteiger partial charge is 0.397 e. The molecule has 0 aliphatic heterocycles. The number of benzene rings is 1. The number of carbonyl (C=O) groups excluding carboxylic acids is 1. The molecule has 1 aromatic carbocycles. The van der Waals surface area contributed by atoms with Crippen LogP contribution in [0.2, 0.25) is 0 Å². The fraction of sp³-hybridized carbons (Fsp3) is 0.533. The van der Waals surface area contributed by atoms with Crippen LogP contribution in [0, 0.1) is 0 Å². The third-order valence-electron chi connectivity index (χ3n) is 3.48. The van der Waals surface area contributed by atoms with E-state index in [1.807, 2.05) is 38.2 Å². The van der Waals surface area contributed by atoms with Crippen molar-refractivity contribution in [2.24, 2.45) is 0 Å². The highest BCUT2D eigenvalue weighted by atomic mass is 32.2. The van der Waals surface area contributed by atoms with Gasteiger partial charge in [-0.25, -0.2) is 0 Å². The van der Waals surface area contributed by atoms with E-state index in [0.29, 0.717) is 11.3 Å². The lowest BCUT2D eigenvalue weighted by atomic mass is 10.1. The molecule has 1 aromatic rings. The molecule has 1 amide bonds. The summed E-state index contributed by atoms with van der Waals surface area (Å²) in [6.45, 7) is 2.08. The first-order chi connectivity index (χ1) is 9.38. The summed E-state index contributed by atoms with van der Waals surface area (Å²) in [5.74, 6) is 1.08. The molecule has 5 heteroatoms. The Morgan fingerprint density at radius 3 is 2.50 bits per heavy atom. The number of hydrogen-bond donors (Lipinski definition) is 1. The summed E-state index contributed by atoms with van der Waals surface area (Å²) < 4.78 is 0. The van der Waals surface area contributed by atoms with Crippen molar-refractivity contribution < 1.29 is 4.79 Å². The maximum absolute atomic E-state index is 12.4. The second kappa shape index (κ2) is 7.43. The molecule has 112 valence electrons. The zero-order chi connectivity index (χ0) is 15.3. The van der Waals surface area contributed by atoms with Crippen LogP contribution < -0.4 is 10.6 Å². The number of amides is 1. The second-order valence-corrected chi connectivity index (χ2v) is 6.20. The summed E-state index contributed by atoms with van der Waals surface area (Å²) in [7, 11) is 5.72. The maximum atomic E-state index is 12.4. The first kappa shape index (κ1) is 16.7. The molecule has 0 aliphatic rings. The van der Waals surface area contributed by atoms with Crippen molar-refractivity contribution in [2.75, 3.05) is 43.8 Å². The molecule has 0 aliphatic carbocycles. The van der Waals surface area contributed by atoms with Gasteiger partial charge in [-0.1, -0.05) is 0 Å². The van der Waals surface area contributed by atoms with Crippen LogP contribution in [0.5, 0.6) is 0 Å². The second-order valence-electron chi connectivity index (χ2n) is 5.21. The van der Waals surface area contributed by atoms with Crippen molar-refractivity contribution in [1.82, 2.24) is 4.90 Å². The number of thioether (sulfide) groups is 1. The maximum Gasteiger partial charge on any atom is 0.253 e. The predicted octanol–water partition coefficient (Wildman–Crippen LogP) is 2.55. The molecule has 0 fully saturated rings. The van der Waals surface area contributed by atoms with E-state index in [9.17, 15) is 4.79 Å². The summed E-state index contributed by atoms with van der Waals surface area (Å²) in [6.07, 6.45) is 3.07. The molecule has 1 rings (SSSR count). The summed E-state index contributed by atoms with van der Waals surface area (Å²) in [4.78, 5) is 16.2. The third-order valence-corrected chi connectivity index (χ3v) is 4.12. The van der Waals surface area contributed by atoms with Gasteiger partial charge in [-0.3, -0.25) is 4.79 Å². The molecule has 4 nitrogen and oxygen atoms in total. The van der Waals surface area contributed by atoms with Crippen molar-refractivity contribution in [3.05, 3.63) is 23.8 Å². The first-order valence-corrected chi connectivity index (χ1v) is 8.10. The highest BCUT2D eigenvalue weighted by Crippen LogP contribution is 2.23. The highest BCUT2D eigenvalue weighted by Gasteiger charge is 2.18. The van der Waals surface area contributed by atoms with Crippen LogP contribution in [0.15, 0.2) is 18.2 Å². The molecular weight excluding hydrogens is 270 g/mol. The molecule has 0 saturated heterocycles. The fourth-order valence-electron chi connectivity index (χ4n) is 1.98. The lowest BCUT2D eigenvalue weighted by molar-refractivity contribution is 0.0741. The van der Waals surface area contributed by atoms with Gasteiger partial charge in [0.1, 0.15) is 0 Å². The van der Waals surface area contributed by atoms with Crippen LogP contribution in [0.1, 0.15) is 23.7 Å². The number of nitrogens with two attached hydrogens (primary N) is 1. The lowest BCUT2D eigenvalue weighted by Gasteiger charge is -2.25. The van der Waals surface area contributed by atoms with Gasteiger partial charge in [0, 0.05) is 32.7 Å². The Bertz CT molecular complexity index is 462. The monoisotopic (exact) mass is 295 g/mol. The molecule has 1 atom stereocenters. The molecule has 0 spiro atoms. The minimum Gasteiger partial charge on any atom is -0.397 e. The fourth-order valence-corrected chi connectivity index (χ4v) is 2.56. The molecular formula is C15H25N3OS. The van der Waals surface area contributed by atoms with Gasteiger partial charge >= 0.3 is 0 Å². The van der Waals surface area contributed by atoms with Crippen molar-refractivity contribution in [3.8, 4) is 0 Å².